The number of phenolic OH excluding ortho intramolecular Hbond substituents is 1. The minimum absolute atomic E-state index is 0.182. The van der Waals surface area contributed by atoms with Gasteiger partial charge in [-0.1, -0.05) is 15.9 Å². The number of amides is 1. The minimum Gasteiger partial charge on any atom is -0.508 e. The Kier molecular flexibility index (Phi) is 4.27. The lowest BCUT2D eigenvalue weighted by atomic mass is 10.1. The van der Waals surface area contributed by atoms with Crippen LogP contribution in [0.25, 0.3) is 0 Å². The number of carbonyl (C=O) groups is 1. The second-order valence-electron chi connectivity index (χ2n) is 4.08. The molecule has 19 heavy (non-hydrogen) atoms. The van der Waals surface area contributed by atoms with E-state index >= 15 is 0 Å². The van der Waals surface area contributed by atoms with Gasteiger partial charge in [-0.2, -0.15) is 0 Å². The van der Waals surface area contributed by atoms with Crippen molar-refractivity contribution in [1.82, 2.24) is 0 Å². The van der Waals surface area contributed by atoms with Crippen LogP contribution < -0.4 is 5.32 Å². The van der Waals surface area contributed by atoms with Gasteiger partial charge in [0.1, 0.15) is 5.75 Å². The fraction of sp³-hybridized carbons (Fsp3) is 0.0714. The molecule has 0 unspecified atom stereocenters. The van der Waals surface area contributed by atoms with Gasteiger partial charge in [0, 0.05) is 14.5 Å². The zero-order valence-corrected chi connectivity index (χ0v) is 13.2. The van der Waals surface area contributed by atoms with E-state index in [2.05, 4.69) is 37.2 Å². The Hall–Kier alpha value is -1.33. The fourth-order valence-corrected chi connectivity index (χ4v) is 2.73. The van der Waals surface area contributed by atoms with E-state index in [0.717, 1.165) is 8.95 Å². The second kappa shape index (κ2) is 5.75. The third kappa shape index (κ3) is 3.36. The van der Waals surface area contributed by atoms with Crippen molar-refractivity contribution in [3.8, 4) is 5.75 Å². The Bertz CT molecular complexity index is 641. The summed E-state index contributed by atoms with van der Waals surface area (Å²) in [5, 5.41) is 12.3. The molecule has 0 heterocycles. The van der Waals surface area contributed by atoms with E-state index < -0.39 is 0 Å². The van der Waals surface area contributed by atoms with E-state index in [1.807, 2.05) is 12.1 Å². The monoisotopic (exact) mass is 383 g/mol. The molecule has 0 radical (unpaired) electrons. The summed E-state index contributed by atoms with van der Waals surface area (Å²) >= 11 is 6.74. The maximum Gasteiger partial charge on any atom is 0.255 e. The lowest BCUT2D eigenvalue weighted by Crippen LogP contribution is -2.12. The zero-order chi connectivity index (χ0) is 14.0. The van der Waals surface area contributed by atoms with Crippen molar-refractivity contribution < 1.29 is 9.90 Å². The van der Waals surface area contributed by atoms with E-state index in [-0.39, 0.29) is 11.7 Å². The first-order valence-corrected chi connectivity index (χ1v) is 7.12. The van der Waals surface area contributed by atoms with Crippen molar-refractivity contribution in [2.45, 2.75) is 6.92 Å². The molecule has 98 valence electrons. The van der Waals surface area contributed by atoms with Crippen molar-refractivity contribution in [2.75, 3.05) is 5.32 Å². The number of hydrogen-bond donors (Lipinski definition) is 2. The number of aromatic hydroxyl groups is 1. The smallest absolute Gasteiger partial charge is 0.255 e. The highest BCUT2D eigenvalue weighted by molar-refractivity contribution is 9.11. The van der Waals surface area contributed by atoms with Gasteiger partial charge in [-0.3, -0.25) is 4.79 Å². The summed E-state index contributed by atoms with van der Waals surface area (Å²) in [7, 11) is 0. The molecule has 0 aliphatic rings. The number of hydrogen-bond acceptors (Lipinski definition) is 2. The Morgan fingerprint density at radius 2 is 1.89 bits per heavy atom. The van der Waals surface area contributed by atoms with Crippen molar-refractivity contribution in [3.05, 3.63) is 56.5 Å². The molecule has 0 fully saturated rings. The molecule has 0 saturated carbocycles. The third-order valence-corrected chi connectivity index (χ3v) is 3.79. The number of halogens is 2. The number of carbonyl (C=O) groups excluding carboxylic acids is 1. The molecule has 0 aliphatic heterocycles. The van der Waals surface area contributed by atoms with E-state index in [9.17, 15) is 9.90 Å². The average Bonchev–Trinajstić information content (AvgIpc) is 2.36. The Morgan fingerprint density at radius 1 is 1.16 bits per heavy atom. The molecular weight excluding hydrogens is 374 g/mol. The van der Waals surface area contributed by atoms with Crippen LogP contribution in [0.5, 0.6) is 5.75 Å². The normalized spacial score (nSPS) is 10.3. The van der Waals surface area contributed by atoms with Crippen molar-refractivity contribution in [1.29, 1.82) is 0 Å². The molecule has 1 amide bonds. The van der Waals surface area contributed by atoms with E-state index in [4.69, 9.17) is 0 Å². The van der Waals surface area contributed by atoms with Gasteiger partial charge < -0.3 is 10.4 Å². The van der Waals surface area contributed by atoms with Gasteiger partial charge in [-0.15, -0.1) is 0 Å². The summed E-state index contributed by atoms with van der Waals surface area (Å²) in [5.41, 5.74) is 1.87. The van der Waals surface area contributed by atoms with Crippen LogP contribution in [0.4, 0.5) is 5.69 Å². The Morgan fingerprint density at radius 3 is 2.53 bits per heavy atom. The van der Waals surface area contributed by atoms with Gasteiger partial charge in [0.15, 0.2) is 0 Å². The second-order valence-corrected chi connectivity index (χ2v) is 5.85. The minimum atomic E-state index is -0.217. The first-order valence-electron chi connectivity index (χ1n) is 5.53. The number of rotatable bonds is 2. The van der Waals surface area contributed by atoms with Crippen molar-refractivity contribution in [3.63, 3.8) is 0 Å². The van der Waals surface area contributed by atoms with Gasteiger partial charge in [-0.05, 0) is 64.8 Å². The molecule has 0 aromatic heterocycles. The van der Waals surface area contributed by atoms with Crippen LogP contribution in [0.1, 0.15) is 15.9 Å². The maximum absolute atomic E-state index is 12.1. The van der Waals surface area contributed by atoms with Gasteiger partial charge in [0.25, 0.3) is 5.91 Å². The summed E-state index contributed by atoms with van der Waals surface area (Å²) in [6, 6.07) is 10.3. The number of phenols is 1. The Balaban J connectivity index is 2.23. The predicted octanol–water partition coefficient (Wildman–Crippen LogP) is 4.48. The number of aryl methyl sites for hydroxylation is 1. The zero-order valence-electron chi connectivity index (χ0n) is 10.1. The molecule has 2 rings (SSSR count). The molecule has 2 aromatic rings. The molecule has 0 saturated heterocycles. The van der Waals surface area contributed by atoms with Crippen LogP contribution in [0.15, 0.2) is 45.3 Å². The summed E-state index contributed by atoms with van der Waals surface area (Å²) < 4.78 is 1.73. The molecule has 0 atom stereocenters. The number of nitrogens with one attached hydrogen (secondary N) is 1. The van der Waals surface area contributed by atoms with Gasteiger partial charge in [0.2, 0.25) is 0 Å². The quantitative estimate of drug-likeness (QED) is 0.801. The largest absolute Gasteiger partial charge is 0.508 e. The molecule has 5 heteroatoms. The molecule has 0 bridgehead atoms. The highest BCUT2D eigenvalue weighted by atomic mass is 79.9. The molecular formula is C14H11Br2NO2. The first-order chi connectivity index (χ1) is 8.97. The van der Waals surface area contributed by atoms with Gasteiger partial charge in [-0.25, -0.2) is 0 Å². The molecule has 2 N–H and O–H groups in total. The maximum atomic E-state index is 12.1. The first kappa shape index (κ1) is 14.1. The van der Waals surface area contributed by atoms with Crippen LogP contribution in [-0.2, 0) is 0 Å². The van der Waals surface area contributed by atoms with Crippen LogP contribution in [0, 0.1) is 6.92 Å². The summed E-state index contributed by atoms with van der Waals surface area (Å²) in [5.74, 6) is -0.0347. The average molecular weight is 385 g/mol. The molecule has 0 spiro atoms. The van der Waals surface area contributed by atoms with Crippen LogP contribution in [0.2, 0.25) is 0 Å². The highest BCUT2D eigenvalue weighted by Crippen LogP contribution is 2.27. The van der Waals surface area contributed by atoms with Gasteiger partial charge in [0.05, 0.1) is 5.69 Å². The lowest BCUT2D eigenvalue weighted by molar-refractivity contribution is 0.102. The standard InChI is InChI=1S/C14H11Br2NO2/c1-8-6-9(2-5-13(8)18)14(19)17-12-4-3-10(15)7-11(12)16/h2-7,18H,1H3,(H,17,19). The van der Waals surface area contributed by atoms with Crippen LogP contribution in [0.3, 0.4) is 0 Å². The fourth-order valence-electron chi connectivity index (χ4n) is 1.58. The Labute approximate surface area is 127 Å². The van der Waals surface area contributed by atoms with E-state index in [0.29, 0.717) is 16.8 Å². The number of anilines is 1. The highest BCUT2D eigenvalue weighted by Gasteiger charge is 2.09. The van der Waals surface area contributed by atoms with E-state index in [1.165, 1.54) is 6.07 Å². The van der Waals surface area contributed by atoms with E-state index in [1.54, 1.807) is 25.1 Å². The predicted molar refractivity (Wildman–Crippen MR) is 82.6 cm³/mol. The summed E-state index contributed by atoms with van der Waals surface area (Å²) in [4.78, 5) is 12.1. The lowest BCUT2D eigenvalue weighted by Gasteiger charge is -2.08. The van der Waals surface area contributed by atoms with Crippen LogP contribution in [-0.4, -0.2) is 11.0 Å². The summed E-state index contributed by atoms with van der Waals surface area (Å²) in [6.07, 6.45) is 0. The van der Waals surface area contributed by atoms with Crippen molar-refractivity contribution in [2.24, 2.45) is 0 Å². The van der Waals surface area contributed by atoms with Crippen LogP contribution >= 0.6 is 31.9 Å². The third-order valence-electron chi connectivity index (χ3n) is 2.64. The van der Waals surface area contributed by atoms with Gasteiger partial charge >= 0.3 is 0 Å². The molecule has 3 nitrogen and oxygen atoms in total. The van der Waals surface area contributed by atoms with Crippen molar-refractivity contribution >= 4 is 43.5 Å². The number of benzene rings is 2. The summed E-state index contributed by atoms with van der Waals surface area (Å²) in [6.45, 7) is 1.75. The SMILES string of the molecule is Cc1cc(C(=O)Nc2ccc(Br)cc2Br)ccc1O. The topological polar surface area (TPSA) is 49.3 Å². The molecule has 0 aliphatic carbocycles. The molecule has 2 aromatic carbocycles.